The first-order chi connectivity index (χ1) is 18.9. The Morgan fingerprint density at radius 2 is 1.20 bits per heavy atom. The molecule has 204 valence electrons. The van der Waals surface area contributed by atoms with E-state index in [1.807, 2.05) is 81.4 Å². The second-order valence-corrected chi connectivity index (χ2v) is 16.4. The number of hydrogen-bond donors (Lipinski definition) is 0. The molecule has 0 amide bonds. The van der Waals surface area contributed by atoms with E-state index < -0.39 is 19.6 Å². The van der Waals surface area contributed by atoms with Crippen molar-refractivity contribution in [3.63, 3.8) is 0 Å². The molecule has 0 bridgehead atoms. The van der Waals surface area contributed by atoms with E-state index in [-0.39, 0.29) is 16.1 Å². The molecule has 0 spiro atoms. The molecule has 5 nitrogen and oxygen atoms in total. The summed E-state index contributed by atoms with van der Waals surface area (Å²) in [5, 5.41) is 1.94. The van der Waals surface area contributed by atoms with E-state index in [4.69, 9.17) is 4.74 Å². The van der Waals surface area contributed by atoms with E-state index in [1.54, 1.807) is 24.3 Å². The summed E-state index contributed by atoms with van der Waals surface area (Å²) in [7, 11) is -2.94. The second kappa shape index (κ2) is 11.5. The number of carbonyl (C=O) groups excluding carboxylic acids is 2. The maximum Gasteiger partial charge on any atom is 0.359 e. The van der Waals surface area contributed by atoms with Crippen molar-refractivity contribution in [3.8, 4) is 0 Å². The minimum absolute atomic E-state index is 0.0963. The van der Waals surface area contributed by atoms with E-state index in [2.05, 4.69) is 55.0 Å². The zero-order chi connectivity index (χ0) is 29.0. The van der Waals surface area contributed by atoms with Gasteiger partial charge in [0.2, 0.25) is 8.07 Å². The van der Waals surface area contributed by atoms with E-state index in [1.165, 1.54) is 0 Å². The van der Waals surface area contributed by atoms with Crippen LogP contribution in [0.5, 0.6) is 0 Å². The summed E-state index contributed by atoms with van der Waals surface area (Å²) < 4.78 is 5.60. The van der Waals surface area contributed by atoms with Crippen LogP contribution < -0.4 is 10.4 Å². The summed E-state index contributed by atoms with van der Waals surface area (Å²) in [6.07, 6.45) is 6.84. The Hall–Kier alpha value is -4.16. The first-order valence-electron chi connectivity index (χ1n) is 13.4. The Labute approximate surface area is 237 Å². The lowest BCUT2D eigenvalue weighted by Gasteiger charge is -2.41. The van der Waals surface area contributed by atoms with Gasteiger partial charge in [-0.2, -0.15) is 0 Å². The number of nitrogens with zero attached hydrogens (tertiary/aromatic N) is 2. The molecule has 0 saturated carbocycles. The van der Waals surface area contributed by atoms with Crippen LogP contribution >= 0.6 is 0 Å². The minimum Gasteiger partial charge on any atom is -0.455 e. The van der Waals surface area contributed by atoms with Gasteiger partial charge in [-0.1, -0.05) is 106 Å². The largest absolute Gasteiger partial charge is 0.455 e. The number of rotatable bonds is 7. The molecule has 0 N–H and O–H groups in total. The fraction of sp³-hybridized carbons (Fsp3) is 0.235. The molecule has 0 atom stereocenters. The molecule has 6 heteroatoms. The van der Waals surface area contributed by atoms with Gasteiger partial charge < -0.3 is 4.74 Å². The van der Waals surface area contributed by atoms with Crippen molar-refractivity contribution in [2.75, 3.05) is 0 Å². The number of ether oxygens (including phenoxy) is 1. The normalized spacial score (nSPS) is 12.8. The third-order valence-electron chi connectivity index (χ3n) is 6.71. The van der Waals surface area contributed by atoms with Gasteiger partial charge in [-0.15, -0.1) is 0 Å². The van der Waals surface area contributed by atoms with Crippen LogP contribution in [0.3, 0.4) is 0 Å². The number of para-hydroxylation sites is 2. The highest BCUT2D eigenvalue weighted by molar-refractivity contribution is 7.25. The highest BCUT2D eigenvalue weighted by atomic mass is 28.3. The number of esters is 1. The van der Waals surface area contributed by atoms with Crippen molar-refractivity contribution < 1.29 is 14.3 Å². The number of fused-ring (bicyclic) bond motifs is 1. The molecular formula is C34H36N2O3Si. The Kier molecular flexibility index (Phi) is 8.31. The predicted octanol–water partition coefficient (Wildman–Crippen LogP) is 6.33. The zero-order valence-corrected chi connectivity index (χ0v) is 25.0. The molecule has 1 heterocycles. The van der Waals surface area contributed by atoms with Crippen molar-refractivity contribution >= 4 is 46.9 Å². The van der Waals surface area contributed by atoms with E-state index in [0.29, 0.717) is 16.7 Å². The lowest BCUT2D eigenvalue weighted by molar-refractivity contribution is -0.108. The second-order valence-electron chi connectivity index (χ2n) is 11.8. The molecule has 0 aliphatic heterocycles. The number of carbonyl (C=O) groups is 2. The molecule has 0 unspecified atom stereocenters. The number of hydrogen-bond acceptors (Lipinski definition) is 5. The highest BCUT2D eigenvalue weighted by Gasteiger charge is 2.52. The fourth-order valence-corrected chi connectivity index (χ4v) is 10.2. The first kappa shape index (κ1) is 28.8. The predicted molar refractivity (Wildman–Crippen MR) is 166 cm³/mol. The quantitative estimate of drug-likeness (QED) is 0.117. The summed E-state index contributed by atoms with van der Waals surface area (Å²) >= 11 is 0. The van der Waals surface area contributed by atoms with Gasteiger partial charge in [-0.3, -0.25) is 4.79 Å². The topological polar surface area (TPSA) is 69.2 Å². The van der Waals surface area contributed by atoms with Crippen molar-refractivity contribution in [2.24, 2.45) is 0 Å². The maximum atomic E-state index is 14.3. The number of benzene rings is 3. The molecule has 0 aliphatic carbocycles. The molecule has 0 aliphatic rings. The monoisotopic (exact) mass is 548 g/mol. The lowest BCUT2D eigenvalue weighted by Crippen LogP contribution is -2.69. The number of aromatic nitrogens is 2. The van der Waals surface area contributed by atoms with Crippen LogP contribution in [-0.2, 0) is 9.53 Å². The molecule has 1 aromatic heterocycles. The SMILES string of the molecule is CC(C)(C)OC(=O)c1nc2ccccc2nc1/C=C/C=C/C(=O)[Si](c1ccccc1)(c1ccccc1)C(C)(C)C. The fourth-order valence-electron chi connectivity index (χ4n) is 5.08. The lowest BCUT2D eigenvalue weighted by atomic mass is 10.2. The number of allylic oxidation sites excluding steroid dienone is 3. The van der Waals surface area contributed by atoms with Gasteiger partial charge in [0, 0.05) is 0 Å². The Balaban J connectivity index is 1.75. The van der Waals surface area contributed by atoms with Crippen LogP contribution in [0, 0.1) is 0 Å². The maximum absolute atomic E-state index is 14.3. The highest BCUT2D eigenvalue weighted by Crippen LogP contribution is 2.36. The van der Waals surface area contributed by atoms with Crippen molar-refractivity contribution in [1.82, 2.24) is 9.97 Å². The molecule has 3 aromatic carbocycles. The van der Waals surface area contributed by atoms with Crippen LogP contribution in [-0.4, -0.2) is 35.0 Å². The molecule has 4 rings (SSSR count). The van der Waals surface area contributed by atoms with Crippen LogP contribution in [0.15, 0.2) is 103 Å². The Morgan fingerprint density at radius 3 is 1.70 bits per heavy atom. The summed E-state index contributed by atoms with van der Waals surface area (Å²) in [6.45, 7) is 11.9. The van der Waals surface area contributed by atoms with Gasteiger partial charge >= 0.3 is 5.97 Å². The van der Waals surface area contributed by atoms with Crippen LogP contribution in [0.25, 0.3) is 17.1 Å². The summed E-state index contributed by atoms with van der Waals surface area (Å²) in [5.74, 6) is -0.544. The van der Waals surface area contributed by atoms with Gasteiger partial charge in [0.25, 0.3) is 0 Å². The van der Waals surface area contributed by atoms with Gasteiger partial charge in [-0.05, 0) is 60.5 Å². The van der Waals surface area contributed by atoms with Gasteiger partial charge in [-0.25, -0.2) is 14.8 Å². The summed E-state index contributed by atoms with van der Waals surface area (Å²) in [6, 6.07) is 27.6. The first-order valence-corrected chi connectivity index (χ1v) is 15.4. The Morgan fingerprint density at radius 1 is 0.700 bits per heavy atom. The van der Waals surface area contributed by atoms with E-state index >= 15 is 0 Å². The molecule has 0 fully saturated rings. The summed E-state index contributed by atoms with van der Waals surface area (Å²) in [4.78, 5) is 36.5. The third-order valence-corrected chi connectivity index (χ3v) is 12.3. The average Bonchev–Trinajstić information content (AvgIpc) is 2.90. The average molecular weight is 549 g/mol. The van der Waals surface area contributed by atoms with Gasteiger partial charge in [0.1, 0.15) is 11.0 Å². The molecular weight excluding hydrogens is 512 g/mol. The van der Waals surface area contributed by atoms with E-state index in [9.17, 15) is 9.59 Å². The minimum atomic E-state index is -2.94. The van der Waals surface area contributed by atoms with Crippen molar-refractivity contribution in [1.29, 1.82) is 0 Å². The Bertz CT molecular complexity index is 1520. The van der Waals surface area contributed by atoms with Crippen molar-refractivity contribution in [2.45, 2.75) is 52.2 Å². The smallest absolute Gasteiger partial charge is 0.359 e. The van der Waals surface area contributed by atoms with Crippen LogP contribution in [0.2, 0.25) is 5.04 Å². The van der Waals surface area contributed by atoms with Crippen molar-refractivity contribution in [3.05, 3.63) is 115 Å². The molecule has 40 heavy (non-hydrogen) atoms. The zero-order valence-electron chi connectivity index (χ0n) is 24.0. The standard InChI is InChI=1S/C34H36N2O3Si/c1-33(2,3)39-32(38)31-29(35-27-21-13-14-22-28(27)36-31)23-15-16-24-30(37)40(34(4,5)6,25-17-9-7-10-18-25)26-19-11-8-12-20-26/h7-24H,1-6H3/b23-15+,24-16+. The summed E-state index contributed by atoms with van der Waals surface area (Å²) in [5.41, 5.74) is 1.12. The van der Waals surface area contributed by atoms with Crippen LogP contribution in [0.4, 0.5) is 0 Å². The third kappa shape index (κ3) is 6.02. The van der Waals surface area contributed by atoms with Crippen LogP contribution in [0.1, 0.15) is 57.7 Å². The molecule has 0 saturated heterocycles. The molecule has 4 aromatic rings. The molecule has 0 radical (unpaired) electrons. The van der Waals surface area contributed by atoms with E-state index in [0.717, 1.165) is 10.4 Å². The van der Waals surface area contributed by atoms with Gasteiger partial charge in [0.05, 0.1) is 16.7 Å². The van der Waals surface area contributed by atoms with Gasteiger partial charge in [0.15, 0.2) is 5.69 Å².